The van der Waals surface area contributed by atoms with Gasteiger partial charge in [-0.25, -0.2) is 8.78 Å². The number of fused-ring (bicyclic) bond motifs is 3. The standard InChI is InChI=1S/C23H27F2N3OS/c24-23(25)7-11-27(12-8-23)17-2-1-16-13-19(30-18(16)14-17)21(29)26-20-15-3-9-28(10-4-15)22(20)5-6-22/h1-2,13-15,20H,3-12H2,(H,26,29). The highest BCUT2D eigenvalue weighted by molar-refractivity contribution is 7.20. The van der Waals surface area contributed by atoms with E-state index in [1.54, 1.807) is 0 Å². The van der Waals surface area contributed by atoms with Crippen LogP contribution < -0.4 is 10.2 Å². The molecular weight excluding hydrogens is 404 g/mol. The van der Waals surface area contributed by atoms with Gasteiger partial charge in [0.05, 0.1) is 10.9 Å². The van der Waals surface area contributed by atoms with Crippen molar-refractivity contribution >= 4 is 33.0 Å². The molecule has 1 unspecified atom stereocenters. The van der Waals surface area contributed by atoms with Crippen LogP contribution in [0, 0.1) is 5.92 Å². The number of amides is 1. The number of anilines is 1. The Bertz CT molecular complexity index is 983. The highest BCUT2D eigenvalue weighted by Gasteiger charge is 2.60. The smallest absolute Gasteiger partial charge is 0.261 e. The predicted octanol–water partition coefficient (Wildman–Crippen LogP) is 4.49. The summed E-state index contributed by atoms with van der Waals surface area (Å²) in [4.78, 5) is 18.5. The molecule has 1 spiro atoms. The van der Waals surface area contributed by atoms with Crippen molar-refractivity contribution < 1.29 is 13.6 Å². The molecule has 0 radical (unpaired) electrons. The first kappa shape index (κ1) is 19.0. The van der Waals surface area contributed by atoms with Crippen LogP contribution in [-0.2, 0) is 0 Å². The van der Waals surface area contributed by atoms with Gasteiger partial charge in [0.25, 0.3) is 11.8 Å². The number of nitrogens with zero attached hydrogens (tertiary/aromatic N) is 2. The number of halogens is 2. The van der Waals surface area contributed by atoms with E-state index in [1.807, 2.05) is 23.1 Å². The van der Waals surface area contributed by atoms with Gasteiger partial charge >= 0.3 is 0 Å². The molecule has 1 aromatic carbocycles. The van der Waals surface area contributed by atoms with E-state index in [0.717, 1.165) is 20.7 Å². The van der Waals surface area contributed by atoms with Gasteiger partial charge in [-0.2, -0.15) is 0 Å². The summed E-state index contributed by atoms with van der Waals surface area (Å²) in [5.41, 5.74) is 1.21. The second kappa shape index (κ2) is 6.63. The first-order valence-corrected chi connectivity index (χ1v) is 12.0. The zero-order valence-electron chi connectivity index (χ0n) is 17.0. The van der Waals surface area contributed by atoms with Gasteiger partial charge in [-0.1, -0.05) is 6.07 Å². The Morgan fingerprint density at radius 2 is 1.77 bits per heavy atom. The molecule has 1 N–H and O–H groups in total. The van der Waals surface area contributed by atoms with Gasteiger partial charge in [-0.15, -0.1) is 11.3 Å². The van der Waals surface area contributed by atoms with Gasteiger partial charge in [-0.3, -0.25) is 9.69 Å². The second-order valence-electron chi connectivity index (χ2n) is 9.55. The minimum atomic E-state index is -2.54. The summed E-state index contributed by atoms with van der Waals surface area (Å²) >= 11 is 1.51. The van der Waals surface area contributed by atoms with E-state index >= 15 is 0 Å². The molecular formula is C23H27F2N3OS. The molecule has 30 heavy (non-hydrogen) atoms. The largest absolute Gasteiger partial charge is 0.371 e. The Morgan fingerprint density at radius 3 is 2.47 bits per heavy atom. The number of carbonyl (C=O) groups is 1. The SMILES string of the molecule is O=C(NC1C2CCN(CC2)C12CC2)c1cc2ccc(N3CCC(F)(F)CC3)cc2s1. The van der Waals surface area contributed by atoms with Gasteiger partial charge < -0.3 is 10.2 Å². The average molecular weight is 432 g/mol. The van der Waals surface area contributed by atoms with Crippen LogP contribution in [0.2, 0.25) is 0 Å². The van der Waals surface area contributed by atoms with E-state index in [-0.39, 0.29) is 30.3 Å². The van der Waals surface area contributed by atoms with E-state index in [2.05, 4.69) is 16.3 Å². The van der Waals surface area contributed by atoms with E-state index in [9.17, 15) is 13.6 Å². The fourth-order valence-electron chi connectivity index (χ4n) is 5.95. The number of carbonyl (C=O) groups excluding carboxylic acids is 1. The third kappa shape index (κ3) is 3.04. The number of alkyl halides is 2. The maximum absolute atomic E-state index is 13.5. The summed E-state index contributed by atoms with van der Waals surface area (Å²) in [6.07, 6.45) is 4.61. The minimum Gasteiger partial charge on any atom is -0.371 e. The first-order valence-electron chi connectivity index (χ1n) is 11.2. The Labute approximate surface area is 179 Å². The Morgan fingerprint density at radius 1 is 1.03 bits per heavy atom. The van der Waals surface area contributed by atoms with Crippen LogP contribution in [-0.4, -0.2) is 54.5 Å². The molecule has 1 aliphatic carbocycles. The van der Waals surface area contributed by atoms with Gasteiger partial charge in [0.1, 0.15) is 0 Å². The second-order valence-corrected chi connectivity index (χ2v) is 10.6. The minimum absolute atomic E-state index is 0.0420. The summed E-state index contributed by atoms with van der Waals surface area (Å²) in [6, 6.07) is 8.32. The maximum Gasteiger partial charge on any atom is 0.261 e. The molecule has 4 aliphatic heterocycles. The number of rotatable bonds is 3. The summed E-state index contributed by atoms with van der Waals surface area (Å²) in [6.45, 7) is 3.12. The number of nitrogens with one attached hydrogen (secondary N) is 1. The predicted molar refractivity (Wildman–Crippen MR) is 116 cm³/mol. The van der Waals surface area contributed by atoms with Crippen molar-refractivity contribution in [2.24, 2.45) is 5.92 Å². The van der Waals surface area contributed by atoms with E-state index < -0.39 is 5.92 Å². The van der Waals surface area contributed by atoms with Crippen molar-refractivity contribution in [2.45, 2.75) is 56.0 Å². The summed E-state index contributed by atoms with van der Waals surface area (Å²) < 4.78 is 28.0. The Hall–Kier alpha value is -1.73. The van der Waals surface area contributed by atoms with Crippen molar-refractivity contribution in [1.82, 2.24) is 10.2 Å². The number of thiophene rings is 1. The van der Waals surface area contributed by atoms with E-state index in [4.69, 9.17) is 0 Å². The van der Waals surface area contributed by atoms with Gasteiger partial charge in [0.15, 0.2) is 0 Å². The summed E-state index contributed by atoms with van der Waals surface area (Å²) in [7, 11) is 0. The lowest BCUT2D eigenvalue weighted by Crippen LogP contribution is -2.65. The maximum atomic E-state index is 13.5. The number of hydrogen-bond acceptors (Lipinski definition) is 4. The fraction of sp³-hybridized carbons (Fsp3) is 0.609. The molecule has 7 rings (SSSR count). The normalized spacial score (nSPS) is 31.3. The van der Waals surface area contributed by atoms with Crippen LogP contribution in [0.1, 0.15) is 48.2 Å². The van der Waals surface area contributed by atoms with Gasteiger partial charge in [0.2, 0.25) is 0 Å². The molecule has 7 heteroatoms. The van der Waals surface area contributed by atoms with Crippen molar-refractivity contribution in [2.75, 3.05) is 31.1 Å². The molecule has 2 aromatic rings. The molecule has 5 aliphatic rings. The third-order valence-electron chi connectivity index (χ3n) is 7.86. The topological polar surface area (TPSA) is 35.6 Å². The van der Waals surface area contributed by atoms with Crippen LogP contribution in [0.25, 0.3) is 10.1 Å². The lowest BCUT2D eigenvalue weighted by atomic mass is 9.77. The molecule has 1 amide bonds. The highest BCUT2D eigenvalue weighted by Crippen LogP contribution is 2.53. The molecule has 1 atom stereocenters. The summed E-state index contributed by atoms with van der Waals surface area (Å²) in [5, 5.41) is 4.45. The van der Waals surface area contributed by atoms with Crippen molar-refractivity contribution in [3.8, 4) is 0 Å². The van der Waals surface area contributed by atoms with E-state index in [0.29, 0.717) is 19.0 Å². The number of benzene rings is 1. The molecule has 4 nitrogen and oxygen atoms in total. The zero-order chi connectivity index (χ0) is 20.5. The van der Waals surface area contributed by atoms with Gasteiger partial charge in [-0.05, 0) is 68.3 Å². The van der Waals surface area contributed by atoms with Crippen LogP contribution in [0.5, 0.6) is 0 Å². The van der Waals surface area contributed by atoms with Crippen molar-refractivity contribution in [1.29, 1.82) is 0 Å². The number of piperidine rings is 4. The lowest BCUT2D eigenvalue weighted by Gasteiger charge is -2.52. The molecule has 2 bridgehead atoms. The Balaban J connectivity index is 1.20. The Kier molecular flexibility index (Phi) is 4.20. The first-order chi connectivity index (χ1) is 14.4. The van der Waals surface area contributed by atoms with Crippen LogP contribution in [0.3, 0.4) is 0 Å². The van der Waals surface area contributed by atoms with Crippen LogP contribution >= 0.6 is 11.3 Å². The molecule has 5 fully saturated rings. The fourth-order valence-corrected chi connectivity index (χ4v) is 6.95. The average Bonchev–Trinajstić information content (AvgIpc) is 3.40. The third-order valence-corrected chi connectivity index (χ3v) is 8.95. The zero-order valence-corrected chi connectivity index (χ0v) is 17.8. The van der Waals surface area contributed by atoms with Gasteiger partial charge in [0, 0.05) is 41.9 Å². The van der Waals surface area contributed by atoms with Crippen LogP contribution in [0.4, 0.5) is 14.5 Å². The summed E-state index contributed by atoms with van der Waals surface area (Å²) in [5.74, 6) is -1.89. The molecule has 1 aromatic heterocycles. The lowest BCUT2D eigenvalue weighted by molar-refractivity contribution is -0.0220. The van der Waals surface area contributed by atoms with Crippen LogP contribution in [0.15, 0.2) is 24.3 Å². The van der Waals surface area contributed by atoms with Crippen molar-refractivity contribution in [3.63, 3.8) is 0 Å². The quantitative estimate of drug-likeness (QED) is 0.778. The monoisotopic (exact) mass is 431 g/mol. The molecule has 5 heterocycles. The highest BCUT2D eigenvalue weighted by atomic mass is 32.1. The molecule has 1 saturated carbocycles. The molecule has 4 saturated heterocycles. The van der Waals surface area contributed by atoms with Crippen molar-refractivity contribution in [3.05, 3.63) is 29.1 Å². The number of hydrogen-bond donors (Lipinski definition) is 1. The molecule has 160 valence electrons. The van der Waals surface area contributed by atoms with E-state index in [1.165, 1.54) is 50.1 Å².